The van der Waals surface area contributed by atoms with Crippen LogP contribution in [0.5, 0.6) is 5.75 Å². The molecule has 19 heavy (non-hydrogen) atoms. The quantitative estimate of drug-likeness (QED) is 0.460. The largest absolute Gasteiger partial charge is 0.426 e. The normalized spacial score (nSPS) is 16.0. The topological polar surface area (TPSA) is 43.4 Å². The predicted octanol–water partition coefficient (Wildman–Crippen LogP) is 3.77. The molecule has 0 N–H and O–H groups in total. The molecule has 0 saturated heterocycles. The van der Waals surface area contributed by atoms with Gasteiger partial charge >= 0.3 is 5.97 Å². The van der Waals surface area contributed by atoms with Crippen LogP contribution in [-0.4, -0.2) is 12.3 Å². The van der Waals surface area contributed by atoms with Crippen molar-refractivity contribution >= 4 is 12.3 Å². The van der Waals surface area contributed by atoms with Crippen molar-refractivity contribution in [3.05, 3.63) is 29.8 Å². The SMILES string of the molecule is O=Cc1ccccc1OC(=O)CCC1CCCCC1. The second-order valence-corrected chi connectivity index (χ2v) is 5.17. The molecule has 3 nitrogen and oxygen atoms in total. The molecule has 0 unspecified atom stereocenters. The Bertz CT molecular complexity index is 433. The zero-order valence-corrected chi connectivity index (χ0v) is 11.1. The van der Waals surface area contributed by atoms with Gasteiger partial charge in [-0.2, -0.15) is 0 Å². The number of rotatable bonds is 5. The van der Waals surface area contributed by atoms with E-state index in [2.05, 4.69) is 0 Å². The summed E-state index contributed by atoms with van der Waals surface area (Å²) in [5.74, 6) is 0.800. The Hall–Kier alpha value is -1.64. The van der Waals surface area contributed by atoms with Gasteiger partial charge < -0.3 is 4.74 Å². The van der Waals surface area contributed by atoms with Crippen LogP contribution < -0.4 is 4.74 Å². The zero-order chi connectivity index (χ0) is 13.5. The second-order valence-electron chi connectivity index (χ2n) is 5.17. The highest BCUT2D eigenvalue weighted by Crippen LogP contribution is 2.27. The molecule has 0 aromatic heterocycles. The van der Waals surface area contributed by atoms with E-state index >= 15 is 0 Å². The standard InChI is InChI=1S/C16H20O3/c17-12-14-8-4-5-9-15(14)19-16(18)11-10-13-6-2-1-3-7-13/h4-5,8-9,12-13H,1-3,6-7,10-11H2. The van der Waals surface area contributed by atoms with Gasteiger partial charge in [0.2, 0.25) is 0 Å². The lowest BCUT2D eigenvalue weighted by atomic mass is 9.86. The number of para-hydroxylation sites is 1. The average molecular weight is 260 g/mol. The first-order chi connectivity index (χ1) is 9.29. The molecule has 2 rings (SSSR count). The van der Waals surface area contributed by atoms with E-state index in [4.69, 9.17) is 4.74 Å². The number of ether oxygens (including phenoxy) is 1. The van der Waals surface area contributed by atoms with Crippen LogP contribution in [-0.2, 0) is 4.79 Å². The molecule has 1 saturated carbocycles. The van der Waals surface area contributed by atoms with E-state index in [1.165, 1.54) is 32.1 Å². The first-order valence-corrected chi connectivity index (χ1v) is 7.04. The molecule has 0 spiro atoms. The molecule has 1 aliphatic rings. The van der Waals surface area contributed by atoms with Gasteiger partial charge in [-0.15, -0.1) is 0 Å². The van der Waals surface area contributed by atoms with Gasteiger partial charge in [0.25, 0.3) is 0 Å². The van der Waals surface area contributed by atoms with Gasteiger partial charge in [-0.3, -0.25) is 9.59 Å². The van der Waals surface area contributed by atoms with Crippen LogP contribution in [0.15, 0.2) is 24.3 Å². The summed E-state index contributed by atoms with van der Waals surface area (Å²) in [6.45, 7) is 0. The summed E-state index contributed by atoms with van der Waals surface area (Å²) < 4.78 is 5.26. The van der Waals surface area contributed by atoms with Crippen molar-refractivity contribution in [3.8, 4) is 5.75 Å². The molecule has 0 atom stereocenters. The van der Waals surface area contributed by atoms with Crippen molar-refractivity contribution in [3.63, 3.8) is 0 Å². The molecular weight excluding hydrogens is 240 g/mol. The number of carbonyl (C=O) groups excluding carboxylic acids is 2. The Morgan fingerprint density at radius 2 is 1.95 bits per heavy atom. The fourth-order valence-corrected chi connectivity index (χ4v) is 2.64. The average Bonchev–Trinajstić information content (AvgIpc) is 2.47. The Labute approximate surface area is 114 Å². The molecule has 1 fully saturated rings. The summed E-state index contributed by atoms with van der Waals surface area (Å²) in [6, 6.07) is 6.82. The maximum absolute atomic E-state index is 11.8. The third kappa shape index (κ3) is 4.19. The lowest BCUT2D eigenvalue weighted by Gasteiger charge is -2.20. The minimum absolute atomic E-state index is 0.236. The molecule has 0 aliphatic heterocycles. The van der Waals surface area contributed by atoms with Crippen LogP contribution in [0.4, 0.5) is 0 Å². The van der Waals surface area contributed by atoms with Crippen molar-refractivity contribution in [1.82, 2.24) is 0 Å². The smallest absolute Gasteiger partial charge is 0.311 e. The van der Waals surface area contributed by atoms with Crippen molar-refractivity contribution in [1.29, 1.82) is 0 Å². The molecule has 0 amide bonds. The molecule has 1 aromatic rings. The molecule has 0 heterocycles. The van der Waals surface area contributed by atoms with E-state index in [0.29, 0.717) is 29.9 Å². The lowest BCUT2D eigenvalue weighted by molar-refractivity contribution is -0.134. The van der Waals surface area contributed by atoms with E-state index in [9.17, 15) is 9.59 Å². The van der Waals surface area contributed by atoms with Crippen molar-refractivity contribution < 1.29 is 14.3 Å². The first kappa shape index (κ1) is 13.8. The lowest BCUT2D eigenvalue weighted by Crippen LogP contribution is -2.13. The Kier molecular flexibility index (Phi) is 5.13. The maximum Gasteiger partial charge on any atom is 0.311 e. The van der Waals surface area contributed by atoms with Gasteiger partial charge in [0.15, 0.2) is 6.29 Å². The van der Waals surface area contributed by atoms with Crippen molar-refractivity contribution in [2.75, 3.05) is 0 Å². The van der Waals surface area contributed by atoms with Crippen LogP contribution in [0.3, 0.4) is 0 Å². The van der Waals surface area contributed by atoms with Crippen molar-refractivity contribution in [2.45, 2.75) is 44.9 Å². The summed E-state index contributed by atoms with van der Waals surface area (Å²) in [7, 11) is 0. The van der Waals surface area contributed by atoms with Gasteiger partial charge in [-0.1, -0.05) is 44.2 Å². The minimum Gasteiger partial charge on any atom is -0.426 e. The third-order valence-corrected chi connectivity index (χ3v) is 3.75. The molecule has 3 heteroatoms. The van der Waals surface area contributed by atoms with Crippen LogP contribution in [0, 0.1) is 5.92 Å². The van der Waals surface area contributed by atoms with Gasteiger partial charge in [0, 0.05) is 6.42 Å². The summed E-state index contributed by atoms with van der Waals surface area (Å²) in [4.78, 5) is 22.6. The summed E-state index contributed by atoms with van der Waals surface area (Å²) >= 11 is 0. The monoisotopic (exact) mass is 260 g/mol. The number of hydrogen-bond donors (Lipinski definition) is 0. The molecule has 102 valence electrons. The summed E-state index contributed by atoms with van der Waals surface area (Å²) in [6.07, 6.45) is 8.43. The highest BCUT2D eigenvalue weighted by molar-refractivity contribution is 5.82. The second kappa shape index (κ2) is 7.07. The number of esters is 1. The summed E-state index contributed by atoms with van der Waals surface area (Å²) in [5.41, 5.74) is 0.425. The fourth-order valence-electron chi connectivity index (χ4n) is 2.64. The minimum atomic E-state index is -0.236. The van der Waals surface area contributed by atoms with Gasteiger partial charge in [-0.25, -0.2) is 0 Å². The fraction of sp³-hybridized carbons (Fsp3) is 0.500. The predicted molar refractivity (Wildman–Crippen MR) is 73.3 cm³/mol. The Morgan fingerprint density at radius 3 is 2.68 bits per heavy atom. The van der Waals surface area contributed by atoms with Gasteiger partial charge in [0.1, 0.15) is 5.75 Å². The Morgan fingerprint density at radius 1 is 1.21 bits per heavy atom. The molecule has 1 aliphatic carbocycles. The maximum atomic E-state index is 11.8. The molecular formula is C16H20O3. The van der Waals surface area contributed by atoms with Crippen molar-refractivity contribution in [2.24, 2.45) is 5.92 Å². The first-order valence-electron chi connectivity index (χ1n) is 7.04. The van der Waals surface area contributed by atoms with E-state index in [1.807, 2.05) is 0 Å². The van der Waals surface area contributed by atoms with Crippen LogP contribution in [0.2, 0.25) is 0 Å². The molecule has 1 aromatic carbocycles. The highest BCUT2D eigenvalue weighted by Gasteiger charge is 2.16. The Balaban J connectivity index is 1.81. The number of carbonyl (C=O) groups is 2. The van der Waals surface area contributed by atoms with Gasteiger partial charge in [-0.05, 0) is 24.5 Å². The van der Waals surface area contributed by atoms with E-state index in [1.54, 1.807) is 24.3 Å². The van der Waals surface area contributed by atoms with E-state index < -0.39 is 0 Å². The molecule has 0 radical (unpaired) electrons. The van der Waals surface area contributed by atoms with Crippen LogP contribution in [0.25, 0.3) is 0 Å². The number of hydrogen-bond acceptors (Lipinski definition) is 3. The summed E-state index contributed by atoms with van der Waals surface area (Å²) in [5, 5.41) is 0. The number of aldehydes is 1. The molecule has 0 bridgehead atoms. The van der Waals surface area contributed by atoms with Crippen LogP contribution >= 0.6 is 0 Å². The van der Waals surface area contributed by atoms with E-state index in [-0.39, 0.29) is 5.97 Å². The number of benzene rings is 1. The van der Waals surface area contributed by atoms with Gasteiger partial charge in [0.05, 0.1) is 5.56 Å². The van der Waals surface area contributed by atoms with E-state index in [0.717, 1.165) is 6.42 Å². The highest BCUT2D eigenvalue weighted by atomic mass is 16.5. The van der Waals surface area contributed by atoms with Crippen LogP contribution in [0.1, 0.15) is 55.3 Å². The zero-order valence-electron chi connectivity index (χ0n) is 11.1. The third-order valence-electron chi connectivity index (χ3n) is 3.75.